The molecule has 2 aromatic heterocycles. The molecule has 0 saturated carbocycles. The van der Waals surface area contributed by atoms with Gasteiger partial charge in [0.05, 0.1) is 11.2 Å². The van der Waals surface area contributed by atoms with Crippen LogP contribution in [0.2, 0.25) is 0 Å². The van der Waals surface area contributed by atoms with E-state index in [9.17, 15) is 0 Å². The van der Waals surface area contributed by atoms with Gasteiger partial charge in [0, 0.05) is 27.3 Å². The predicted octanol–water partition coefficient (Wildman–Crippen LogP) is 12.0. The molecule has 0 radical (unpaired) electrons. The van der Waals surface area contributed by atoms with Gasteiger partial charge in [-0.25, -0.2) is 9.97 Å². The van der Waals surface area contributed by atoms with Gasteiger partial charge < -0.3 is 4.42 Å². The second kappa shape index (κ2) is 10.1. The van der Waals surface area contributed by atoms with E-state index in [1.165, 1.54) is 32.5 Å². The van der Waals surface area contributed by atoms with Gasteiger partial charge in [0.15, 0.2) is 5.82 Å². The first kappa shape index (κ1) is 26.0. The van der Waals surface area contributed by atoms with Gasteiger partial charge in [-0.15, -0.1) is 0 Å². The van der Waals surface area contributed by atoms with Crippen LogP contribution >= 0.6 is 0 Å². The van der Waals surface area contributed by atoms with Gasteiger partial charge >= 0.3 is 0 Å². The van der Waals surface area contributed by atoms with Gasteiger partial charge in [0.1, 0.15) is 11.2 Å². The SMILES string of the molecule is c1ccc(-c2cccc(-c3nc(-c4ccc5c(ccc6ccc7cc8c(cc7c65)oc5ccccc58)c4)nc4ccccc34)c2)cc1. The topological polar surface area (TPSA) is 38.9 Å². The molecule has 3 nitrogen and oxygen atoms in total. The summed E-state index contributed by atoms with van der Waals surface area (Å²) in [6, 6.07) is 55.6. The molecule has 0 fully saturated rings. The summed E-state index contributed by atoms with van der Waals surface area (Å²) in [5.74, 6) is 0.715. The standard InChI is InChI=1S/C44H26N2O/c1-2-9-27(10-3-1)29-11-8-12-32(23-29)43-36-14-4-6-15-39(36)45-44(46-43)33-21-22-34-30(24-33)19-17-28-18-20-31-25-38-35-13-5-7-16-40(35)47-41(38)26-37(31)42(28)34/h1-26H. The van der Waals surface area contributed by atoms with Gasteiger partial charge in [0.2, 0.25) is 0 Å². The van der Waals surface area contributed by atoms with Gasteiger partial charge in [-0.1, -0.05) is 121 Å². The molecule has 47 heavy (non-hydrogen) atoms. The minimum atomic E-state index is 0.715. The number of aromatic nitrogens is 2. The summed E-state index contributed by atoms with van der Waals surface area (Å²) in [7, 11) is 0. The Morgan fingerprint density at radius 1 is 0.362 bits per heavy atom. The first-order valence-corrected chi connectivity index (χ1v) is 15.9. The van der Waals surface area contributed by atoms with E-state index < -0.39 is 0 Å². The second-order valence-corrected chi connectivity index (χ2v) is 12.2. The lowest BCUT2D eigenvalue weighted by molar-refractivity contribution is 0.669. The lowest BCUT2D eigenvalue weighted by Gasteiger charge is -2.12. The molecular formula is C44H26N2O. The molecule has 0 atom stereocenters. The van der Waals surface area contributed by atoms with Crippen LogP contribution in [0.3, 0.4) is 0 Å². The molecule has 10 rings (SSSR count). The Hall–Kier alpha value is -6.32. The van der Waals surface area contributed by atoms with E-state index in [0.29, 0.717) is 5.82 Å². The molecule has 0 aliphatic carbocycles. The molecule has 0 bridgehead atoms. The molecule has 0 aliphatic heterocycles. The zero-order chi connectivity index (χ0) is 30.9. The fraction of sp³-hybridized carbons (Fsp3) is 0. The summed E-state index contributed by atoms with van der Waals surface area (Å²) in [5, 5.41) is 10.5. The summed E-state index contributed by atoms with van der Waals surface area (Å²) in [5.41, 5.74) is 8.09. The maximum atomic E-state index is 6.30. The first-order chi connectivity index (χ1) is 23.3. The molecule has 0 amide bonds. The molecule has 0 saturated heterocycles. The van der Waals surface area contributed by atoms with Crippen LogP contribution < -0.4 is 0 Å². The Kier molecular flexibility index (Phi) is 5.57. The van der Waals surface area contributed by atoms with Crippen LogP contribution in [0.5, 0.6) is 0 Å². The summed E-state index contributed by atoms with van der Waals surface area (Å²) in [6.45, 7) is 0. The molecule has 0 unspecified atom stereocenters. The fourth-order valence-corrected chi connectivity index (χ4v) is 7.15. The van der Waals surface area contributed by atoms with Crippen LogP contribution in [-0.2, 0) is 0 Å². The van der Waals surface area contributed by atoms with E-state index in [1.54, 1.807) is 0 Å². The van der Waals surface area contributed by atoms with Gasteiger partial charge in [0.25, 0.3) is 0 Å². The largest absolute Gasteiger partial charge is 0.456 e. The normalized spacial score (nSPS) is 11.8. The Morgan fingerprint density at radius 3 is 1.98 bits per heavy atom. The zero-order valence-corrected chi connectivity index (χ0v) is 25.3. The van der Waals surface area contributed by atoms with Gasteiger partial charge in [-0.2, -0.15) is 0 Å². The molecule has 3 heteroatoms. The quantitative estimate of drug-likeness (QED) is 0.190. The van der Waals surface area contributed by atoms with Crippen molar-refractivity contribution in [3.63, 3.8) is 0 Å². The van der Waals surface area contributed by atoms with Crippen molar-refractivity contribution in [2.45, 2.75) is 0 Å². The highest BCUT2D eigenvalue weighted by Gasteiger charge is 2.15. The number of para-hydroxylation sites is 2. The molecule has 2 heterocycles. The van der Waals surface area contributed by atoms with Crippen molar-refractivity contribution < 1.29 is 4.42 Å². The summed E-state index contributed by atoms with van der Waals surface area (Å²) in [6.07, 6.45) is 0. The van der Waals surface area contributed by atoms with Crippen molar-refractivity contribution in [1.82, 2.24) is 9.97 Å². The Morgan fingerprint density at radius 2 is 1.09 bits per heavy atom. The minimum Gasteiger partial charge on any atom is -0.456 e. The van der Waals surface area contributed by atoms with Crippen LogP contribution in [0.25, 0.3) is 98.9 Å². The van der Waals surface area contributed by atoms with E-state index in [4.69, 9.17) is 14.4 Å². The minimum absolute atomic E-state index is 0.715. The number of furan rings is 1. The number of benzene rings is 8. The van der Waals surface area contributed by atoms with Crippen molar-refractivity contribution >= 4 is 65.2 Å². The third kappa shape index (κ3) is 4.14. The summed E-state index contributed by atoms with van der Waals surface area (Å²) >= 11 is 0. The number of nitrogens with zero attached hydrogens (tertiary/aromatic N) is 2. The van der Waals surface area contributed by atoms with Crippen molar-refractivity contribution in [1.29, 1.82) is 0 Å². The van der Waals surface area contributed by atoms with E-state index >= 15 is 0 Å². The van der Waals surface area contributed by atoms with Crippen LogP contribution in [0.4, 0.5) is 0 Å². The van der Waals surface area contributed by atoms with E-state index in [1.807, 2.05) is 24.3 Å². The highest BCUT2D eigenvalue weighted by Crippen LogP contribution is 2.39. The molecule has 0 N–H and O–H groups in total. The number of hydrogen-bond donors (Lipinski definition) is 0. The van der Waals surface area contributed by atoms with Gasteiger partial charge in [-0.05, 0) is 79.8 Å². The van der Waals surface area contributed by atoms with E-state index in [-0.39, 0.29) is 0 Å². The van der Waals surface area contributed by atoms with Crippen molar-refractivity contribution in [3.8, 4) is 33.8 Å². The predicted molar refractivity (Wildman–Crippen MR) is 196 cm³/mol. The van der Waals surface area contributed by atoms with Crippen molar-refractivity contribution in [2.75, 3.05) is 0 Å². The third-order valence-electron chi connectivity index (χ3n) is 9.42. The Bertz CT molecular complexity index is 2850. The summed E-state index contributed by atoms with van der Waals surface area (Å²) < 4.78 is 6.30. The highest BCUT2D eigenvalue weighted by molar-refractivity contribution is 6.23. The fourth-order valence-electron chi connectivity index (χ4n) is 7.15. The Balaban J connectivity index is 1.16. The molecule has 10 aromatic rings. The maximum absolute atomic E-state index is 6.30. The average Bonchev–Trinajstić information content (AvgIpc) is 3.50. The molecular weight excluding hydrogens is 572 g/mol. The number of rotatable bonds is 3. The third-order valence-corrected chi connectivity index (χ3v) is 9.42. The Labute approximate surface area is 270 Å². The highest BCUT2D eigenvalue weighted by atomic mass is 16.3. The van der Waals surface area contributed by atoms with Crippen molar-refractivity contribution in [3.05, 3.63) is 158 Å². The average molecular weight is 599 g/mol. The maximum Gasteiger partial charge on any atom is 0.160 e. The van der Waals surface area contributed by atoms with Crippen LogP contribution in [0.1, 0.15) is 0 Å². The number of hydrogen-bond acceptors (Lipinski definition) is 3. The summed E-state index contributed by atoms with van der Waals surface area (Å²) in [4.78, 5) is 10.3. The van der Waals surface area contributed by atoms with Crippen LogP contribution in [0.15, 0.2) is 162 Å². The number of fused-ring (bicyclic) bond motifs is 9. The lowest BCUT2D eigenvalue weighted by atomic mass is 9.94. The molecule has 218 valence electrons. The van der Waals surface area contributed by atoms with Crippen LogP contribution in [-0.4, -0.2) is 9.97 Å². The van der Waals surface area contributed by atoms with Crippen LogP contribution in [0, 0.1) is 0 Å². The second-order valence-electron chi connectivity index (χ2n) is 12.2. The zero-order valence-electron chi connectivity index (χ0n) is 25.3. The van der Waals surface area contributed by atoms with E-state index in [0.717, 1.165) is 60.6 Å². The first-order valence-electron chi connectivity index (χ1n) is 15.9. The molecule has 0 spiro atoms. The van der Waals surface area contributed by atoms with Crippen molar-refractivity contribution in [2.24, 2.45) is 0 Å². The van der Waals surface area contributed by atoms with Gasteiger partial charge in [-0.3, -0.25) is 0 Å². The lowest BCUT2D eigenvalue weighted by Crippen LogP contribution is -1.95. The van der Waals surface area contributed by atoms with E-state index in [2.05, 4.69) is 133 Å². The molecule has 8 aromatic carbocycles. The smallest absolute Gasteiger partial charge is 0.160 e. The molecule has 0 aliphatic rings. The monoisotopic (exact) mass is 598 g/mol.